The first-order chi connectivity index (χ1) is 7.99. The van der Waals surface area contributed by atoms with E-state index >= 15 is 0 Å². The van der Waals surface area contributed by atoms with Gasteiger partial charge in [-0.05, 0) is 30.0 Å². The Labute approximate surface area is 114 Å². The molecule has 102 valence electrons. The third-order valence-electron chi connectivity index (χ3n) is 2.25. The van der Waals surface area contributed by atoms with Crippen molar-refractivity contribution < 1.29 is 14.6 Å². The molecule has 1 aromatic rings. The highest BCUT2D eigenvalue weighted by molar-refractivity contribution is 5.85. The molecule has 0 aliphatic carbocycles. The summed E-state index contributed by atoms with van der Waals surface area (Å²) in [5, 5.41) is 9.12. The number of carbonyl (C=O) groups excluding carboxylic acids is 1. The molecule has 1 aromatic carbocycles. The van der Waals surface area contributed by atoms with Gasteiger partial charge in [0.1, 0.15) is 11.8 Å². The molecular formula is C13H20ClNO3. The first-order valence-corrected chi connectivity index (χ1v) is 5.69. The summed E-state index contributed by atoms with van der Waals surface area (Å²) in [6, 6.07) is 5.97. The summed E-state index contributed by atoms with van der Waals surface area (Å²) in [5.41, 5.74) is 6.64. The zero-order chi connectivity index (χ0) is 12.8. The van der Waals surface area contributed by atoms with Gasteiger partial charge in [-0.25, -0.2) is 0 Å². The van der Waals surface area contributed by atoms with E-state index in [1.54, 1.807) is 24.3 Å². The average Bonchev–Trinajstić information content (AvgIpc) is 2.28. The van der Waals surface area contributed by atoms with Gasteiger partial charge in [-0.2, -0.15) is 0 Å². The molecule has 0 bridgehead atoms. The third kappa shape index (κ3) is 5.89. The van der Waals surface area contributed by atoms with Crippen molar-refractivity contribution in [3.63, 3.8) is 0 Å². The number of aromatic hydroxyl groups is 1. The Morgan fingerprint density at radius 1 is 1.33 bits per heavy atom. The minimum absolute atomic E-state index is 0. The number of halogens is 1. The summed E-state index contributed by atoms with van der Waals surface area (Å²) in [7, 11) is 0. The lowest BCUT2D eigenvalue weighted by molar-refractivity contribution is -0.146. The lowest BCUT2D eigenvalue weighted by Crippen LogP contribution is -2.35. The van der Waals surface area contributed by atoms with Gasteiger partial charge in [-0.1, -0.05) is 26.0 Å². The fraction of sp³-hybridized carbons (Fsp3) is 0.462. The van der Waals surface area contributed by atoms with Gasteiger partial charge in [-0.3, -0.25) is 4.79 Å². The van der Waals surface area contributed by atoms with Gasteiger partial charge in [0.05, 0.1) is 6.61 Å². The average molecular weight is 274 g/mol. The highest BCUT2D eigenvalue weighted by Crippen LogP contribution is 2.11. The Morgan fingerprint density at radius 3 is 2.39 bits per heavy atom. The van der Waals surface area contributed by atoms with E-state index in [-0.39, 0.29) is 24.1 Å². The monoisotopic (exact) mass is 273 g/mol. The number of ether oxygens (including phenoxy) is 1. The molecule has 1 rings (SSSR count). The minimum atomic E-state index is -0.654. The topological polar surface area (TPSA) is 72.5 Å². The van der Waals surface area contributed by atoms with Crippen molar-refractivity contribution in [3.8, 4) is 5.75 Å². The van der Waals surface area contributed by atoms with Crippen LogP contribution >= 0.6 is 12.4 Å². The SMILES string of the molecule is CC(C)COC(=O)[C@@H](N)Cc1ccc(O)cc1.Cl. The van der Waals surface area contributed by atoms with Crippen molar-refractivity contribution in [1.82, 2.24) is 0 Å². The van der Waals surface area contributed by atoms with Crippen LogP contribution in [0.2, 0.25) is 0 Å². The molecule has 0 saturated heterocycles. The van der Waals surface area contributed by atoms with Gasteiger partial charge in [0.15, 0.2) is 0 Å². The fourth-order valence-corrected chi connectivity index (χ4v) is 1.33. The van der Waals surface area contributed by atoms with Gasteiger partial charge in [0.2, 0.25) is 0 Å². The summed E-state index contributed by atoms with van der Waals surface area (Å²) in [4.78, 5) is 11.5. The largest absolute Gasteiger partial charge is 0.508 e. The van der Waals surface area contributed by atoms with Crippen LogP contribution in [0.4, 0.5) is 0 Å². The molecule has 1 atom stereocenters. The molecule has 0 aromatic heterocycles. The van der Waals surface area contributed by atoms with Crippen LogP contribution in [0.5, 0.6) is 5.75 Å². The summed E-state index contributed by atoms with van der Waals surface area (Å²) in [6.07, 6.45) is 0.414. The van der Waals surface area contributed by atoms with E-state index in [4.69, 9.17) is 15.6 Å². The zero-order valence-corrected chi connectivity index (χ0v) is 11.4. The lowest BCUT2D eigenvalue weighted by Gasteiger charge is -2.12. The number of benzene rings is 1. The van der Waals surface area contributed by atoms with E-state index in [0.717, 1.165) is 5.56 Å². The molecule has 4 nitrogen and oxygen atoms in total. The molecule has 0 unspecified atom stereocenters. The van der Waals surface area contributed by atoms with Crippen molar-refractivity contribution in [2.24, 2.45) is 11.7 Å². The summed E-state index contributed by atoms with van der Waals surface area (Å²) >= 11 is 0. The van der Waals surface area contributed by atoms with Crippen LogP contribution in [0.25, 0.3) is 0 Å². The van der Waals surface area contributed by atoms with Crippen LogP contribution in [0.3, 0.4) is 0 Å². The lowest BCUT2D eigenvalue weighted by atomic mass is 10.1. The number of rotatable bonds is 5. The Hall–Kier alpha value is -1.26. The summed E-state index contributed by atoms with van der Waals surface area (Å²) in [6.45, 7) is 4.33. The van der Waals surface area contributed by atoms with Crippen LogP contribution in [-0.4, -0.2) is 23.7 Å². The van der Waals surface area contributed by atoms with Crippen LogP contribution in [0, 0.1) is 5.92 Å². The molecule has 0 spiro atoms. The van der Waals surface area contributed by atoms with Crippen LogP contribution in [0.15, 0.2) is 24.3 Å². The summed E-state index contributed by atoms with van der Waals surface area (Å²) in [5.74, 6) is 0.122. The molecular weight excluding hydrogens is 254 g/mol. The van der Waals surface area contributed by atoms with Crippen molar-refractivity contribution in [2.75, 3.05) is 6.61 Å². The third-order valence-corrected chi connectivity index (χ3v) is 2.25. The van der Waals surface area contributed by atoms with Crippen LogP contribution in [0.1, 0.15) is 19.4 Å². The standard InChI is InChI=1S/C13H19NO3.ClH/c1-9(2)8-17-13(16)12(14)7-10-3-5-11(15)6-4-10;/h3-6,9,12,15H,7-8,14H2,1-2H3;1H/t12-;/m0./s1. The van der Waals surface area contributed by atoms with Gasteiger partial charge >= 0.3 is 5.97 Å². The highest BCUT2D eigenvalue weighted by Gasteiger charge is 2.15. The van der Waals surface area contributed by atoms with E-state index in [1.807, 2.05) is 13.8 Å². The first-order valence-electron chi connectivity index (χ1n) is 5.69. The minimum Gasteiger partial charge on any atom is -0.508 e. The molecule has 0 fully saturated rings. The van der Waals surface area contributed by atoms with E-state index in [2.05, 4.69) is 0 Å². The maximum Gasteiger partial charge on any atom is 0.323 e. The number of esters is 1. The predicted octanol–water partition coefficient (Wildman–Crippen LogP) is 1.88. The van der Waals surface area contributed by atoms with Gasteiger partial charge < -0.3 is 15.6 Å². The molecule has 0 amide bonds. The fourth-order valence-electron chi connectivity index (χ4n) is 1.33. The Balaban J connectivity index is 0.00000289. The number of hydrogen-bond donors (Lipinski definition) is 2. The number of nitrogens with two attached hydrogens (primary N) is 1. The number of phenolic OH excluding ortho intramolecular Hbond substituents is 1. The second kappa shape index (κ2) is 7.95. The molecule has 0 radical (unpaired) electrons. The van der Waals surface area contributed by atoms with Crippen molar-refractivity contribution in [3.05, 3.63) is 29.8 Å². The van der Waals surface area contributed by atoms with Crippen LogP contribution < -0.4 is 5.73 Å². The molecule has 5 heteroatoms. The zero-order valence-electron chi connectivity index (χ0n) is 10.6. The first kappa shape index (κ1) is 16.7. The molecule has 18 heavy (non-hydrogen) atoms. The predicted molar refractivity (Wildman–Crippen MR) is 72.8 cm³/mol. The summed E-state index contributed by atoms with van der Waals surface area (Å²) < 4.78 is 5.05. The molecule has 0 heterocycles. The second-order valence-electron chi connectivity index (χ2n) is 4.50. The van der Waals surface area contributed by atoms with E-state index in [9.17, 15) is 4.79 Å². The van der Waals surface area contributed by atoms with E-state index in [0.29, 0.717) is 18.9 Å². The molecule has 3 N–H and O–H groups in total. The number of phenols is 1. The van der Waals surface area contributed by atoms with Gasteiger partial charge in [0.25, 0.3) is 0 Å². The maximum atomic E-state index is 11.5. The highest BCUT2D eigenvalue weighted by atomic mass is 35.5. The quantitative estimate of drug-likeness (QED) is 0.804. The molecule has 0 saturated carbocycles. The van der Waals surface area contributed by atoms with Crippen molar-refractivity contribution >= 4 is 18.4 Å². The van der Waals surface area contributed by atoms with Crippen molar-refractivity contribution in [1.29, 1.82) is 0 Å². The molecule has 0 aliphatic heterocycles. The Kier molecular flexibility index (Phi) is 7.39. The molecule has 0 aliphatic rings. The van der Waals surface area contributed by atoms with Gasteiger partial charge in [0, 0.05) is 0 Å². The second-order valence-corrected chi connectivity index (χ2v) is 4.50. The normalized spacial score (nSPS) is 11.8. The number of hydrogen-bond acceptors (Lipinski definition) is 4. The van der Waals surface area contributed by atoms with E-state index in [1.165, 1.54) is 0 Å². The van der Waals surface area contributed by atoms with Gasteiger partial charge in [-0.15, -0.1) is 12.4 Å². The van der Waals surface area contributed by atoms with Crippen molar-refractivity contribution in [2.45, 2.75) is 26.3 Å². The Morgan fingerprint density at radius 2 is 1.89 bits per heavy atom. The number of carbonyl (C=O) groups is 1. The van der Waals surface area contributed by atoms with E-state index < -0.39 is 6.04 Å². The Bertz CT molecular complexity index is 365. The smallest absolute Gasteiger partial charge is 0.323 e. The maximum absolute atomic E-state index is 11.5. The van der Waals surface area contributed by atoms with Crippen LogP contribution in [-0.2, 0) is 16.0 Å².